The van der Waals surface area contributed by atoms with Gasteiger partial charge in [-0.2, -0.15) is 0 Å². The SMILES string of the molecule is C[C@@H]([C]1[CH][CH][CH][C]1S[C@H](c1ccccc1)[C@H](O)c1ccccc1)N(C)C.[CH]1[CH][CH][CH][CH]1.[Fe+2]. The van der Waals surface area contributed by atoms with Crippen molar-refractivity contribution in [3.8, 4) is 0 Å². The van der Waals surface area contributed by atoms with Gasteiger partial charge in [0.05, 0.1) is 11.4 Å². The molecule has 0 heterocycles. The van der Waals surface area contributed by atoms with Crippen LogP contribution >= 0.6 is 11.8 Å². The third kappa shape index (κ3) is 7.92. The number of hydrogen-bond acceptors (Lipinski definition) is 3. The number of rotatable bonds is 7. The van der Waals surface area contributed by atoms with Crippen LogP contribution < -0.4 is 0 Å². The summed E-state index contributed by atoms with van der Waals surface area (Å²) in [5, 5.41) is 12.3. The number of aliphatic hydroxyl groups is 1. The molecule has 1 N–H and O–H groups in total. The summed E-state index contributed by atoms with van der Waals surface area (Å²) >= 11 is 1.75. The second-order valence-corrected chi connectivity index (χ2v) is 8.94. The predicted octanol–water partition coefficient (Wildman–Crippen LogP) is 5.90. The van der Waals surface area contributed by atoms with E-state index in [-0.39, 0.29) is 22.3 Å². The molecule has 0 saturated heterocycles. The molecule has 4 rings (SSSR count). The van der Waals surface area contributed by atoms with Crippen molar-refractivity contribution in [2.45, 2.75) is 24.3 Å². The average molecular weight is 485 g/mol. The van der Waals surface area contributed by atoms with E-state index >= 15 is 0 Å². The zero-order valence-electron chi connectivity index (χ0n) is 18.8. The fraction of sp³-hybridized carbons (Fsp3) is 0.214. The second-order valence-electron chi connectivity index (χ2n) is 7.75. The van der Waals surface area contributed by atoms with E-state index < -0.39 is 6.10 Å². The van der Waals surface area contributed by atoms with Crippen LogP contribution in [0.2, 0.25) is 0 Å². The Morgan fingerprint density at radius 3 is 1.72 bits per heavy atom. The number of thioether (sulfide) groups is 1. The first-order chi connectivity index (χ1) is 15.1. The van der Waals surface area contributed by atoms with Crippen LogP contribution in [-0.4, -0.2) is 30.1 Å². The summed E-state index contributed by atoms with van der Waals surface area (Å²) in [6, 6.07) is 20.5. The first-order valence-corrected chi connectivity index (χ1v) is 11.5. The molecule has 32 heavy (non-hydrogen) atoms. The zero-order chi connectivity index (χ0) is 22.1. The number of nitrogens with zero attached hydrogens (tertiary/aromatic N) is 1. The Balaban J connectivity index is 0.000000534. The number of hydrogen-bond donors (Lipinski definition) is 1. The smallest absolute Gasteiger partial charge is 0.387 e. The minimum Gasteiger partial charge on any atom is -0.387 e. The molecule has 2 nitrogen and oxygen atoms in total. The van der Waals surface area contributed by atoms with Gasteiger partial charge < -0.3 is 10.0 Å². The van der Waals surface area contributed by atoms with E-state index in [0.29, 0.717) is 6.04 Å². The number of benzene rings is 2. The van der Waals surface area contributed by atoms with Gasteiger partial charge in [0.2, 0.25) is 0 Å². The molecule has 10 radical (unpaired) electrons. The zero-order valence-corrected chi connectivity index (χ0v) is 20.7. The molecule has 2 aromatic rings. The third-order valence-electron chi connectivity index (χ3n) is 5.40. The molecule has 0 spiro atoms. The quantitative estimate of drug-likeness (QED) is 0.495. The van der Waals surface area contributed by atoms with Crippen molar-refractivity contribution in [3.63, 3.8) is 0 Å². The van der Waals surface area contributed by atoms with Gasteiger partial charge in [-0.3, -0.25) is 0 Å². The van der Waals surface area contributed by atoms with Crippen molar-refractivity contribution < 1.29 is 22.2 Å². The van der Waals surface area contributed by atoms with Crippen molar-refractivity contribution in [1.82, 2.24) is 4.90 Å². The Morgan fingerprint density at radius 1 is 0.719 bits per heavy atom. The summed E-state index contributed by atoms with van der Waals surface area (Å²) in [4.78, 5) is 2.21. The van der Waals surface area contributed by atoms with Crippen LogP contribution in [0.25, 0.3) is 0 Å². The molecule has 0 aromatic heterocycles. The van der Waals surface area contributed by atoms with Crippen LogP contribution in [0.3, 0.4) is 0 Å². The first kappa shape index (κ1) is 27.5. The largest absolute Gasteiger partial charge is 2.00 e. The van der Waals surface area contributed by atoms with E-state index in [0.717, 1.165) is 11.1 Å². The van der Waals surface area contributed by atoms with Crippen LogP contribution in [-0.2, 0) is 17.1 Å². The van der Waals surface area contributed by atoms with Gasteiger partial charge in [0.1, 0.15) is 0 Å². The van der Waals surface area contributed by atoms with Gasteiger partial charge in [0, 0.05) is 17.2 Å². The Hall–Kier alpha value is -0.771. The standard InChI is InChI=1S/C23H26NOS.C5H5.Fe/c1-17(24(2)3)20-15-10-16-21(20)26-23(19-13-8-5-9-14-19)22(25)18-11-6-4-7-12-18;1-2-4-5-3-1;/h4-17,22-23,25H,1-3H3;1-5H;/q;;+2/t17-,22+,23+;;/m0../s1. The summed E-state index contributed by atoms with van der Waals surface area (Å²) in [6.07, 6.45) is 15.9. The van der Waals surface area contributed by atoms with Gasteiger partial charge in [0.15, 0.2) is 0 Å². The van der Waals surface area contributed by atoms with Crippen LogP contribution in [0, 0.1) is 62.5 Å². The predicted molar refractivity (Wildman–Crippen MR) is 132 cm³/mol. The summed E-state index contributed by atoms with van der Waals surface area (Å²) in [5.74, 6) is 1.31. The molecule has 0 unspecified atom stereocenters. The molecule has 2 aliphatic carbocycles. The fourth-order valence-electron chi connectivity index (χ4n) is 3.39. The van der Waals surface area contributed by atoms with E-state index in [1.807, 2.05) is 80.6 Å². The van der Waals surface area contributed by atoms with Crippen LogP contribution in [0.5, 0.6) is 0 Å². The van der Waals surface area contributed by atoms with Gasteiger partial charge in [-0.05, 0) is 83.5 Å². The summed E-state index contributed by atoms with van der Waals surface area (Å²) < 4.78 is 0. The maximum absolute atomic E-state index is 11.1. The van der Waals surface area contributed by atoms with Crippen molar-refractivity contribution in [1.29, 1.82) is 0 Å². The van der Waals surface area contributed by atoms with Crippen molar-refractivity contribution >= 4 is 11.8 Å². The summed E-state index contributed by atoms with van der Waals surface area (Å²) in [5.41, 5.74) is 2.08. The molecule has 0 bridgehead atoms. The van der Waals surface area contributed by atoms with Gasteiger partial charge in [-0.1, -0.05) is 60.7 Å². The van der Waals surface area contributed by atoms with E-state index in [1.54, 1.807) is 11.8 Å². The topological polar surface area (TPSA) is 23.5 Å². The Kier molecular flexibility index (Phi) is 12.4. The Bertz CT molecular complexity index is 730. The average Bonchev–Trinajstić information content (AvgIpc) is 3.53. The summed E-state index contributed by atoms with van der Waals surface area (Å²) in [6.45, 7) is 2.21. The minimum absolute atomic E-state index is 0. The maximum Gasteiger partial charge on any atom is 2.00 e. The van der Waals surface area contributed by atoms with Crippen LogP contribution in [0.15, 0.2) is 60.7 Å². The molecule has 3 atom stereocenters. The molecule has 166 valence electrons. The van der Waals surface area contributed by atoms with E-state index in [1.165, 1.54) is 11.2 Å². The maximum atomic E-state index is 11.1. The van der Waals surface area contributed by atoms with Crippen molar-refractivity contribution in [2.24, 2.45) is 0 Å². The van der Waals surface area contributed by atoms with Gasteiger partial charge >= 0.3 is 17.1 Å². The normalized spacial score (nSPS) is 19.7. The first-order valence-electron chi connectivity index (χ1n) is 10.6. The van der Waals surface area contributed by atoms with E-state index in [9.17, 15) is 5.11 Å². The fourth-order valence-corrected chi connectivity index (χ4v) is 4.77. The van der Waals surface area contributed by atoms with Gasteiger partial charge in [-0.15, -0.1) is 11.8 Å². The molecule has 2 saturated carbocycles. The minimum atomic E-state index is -0.569. The molecule has 2 aliphatic rings. The van der Waals surface area contributed by atoms with Crippen LogP contribution in [0.1, 0.15) is 29.4 Å². The van der Waals surface area contributed by atoms with Crippen molar-refractivity contribution in [3.05, 3.63) is 134 Å². The van der Waals surface area contributed by atoms with Gasteiger partial charge in [-0.25, -0.2) is 0 Å². The number of aliphatic hydroxyl groups excluding tert-OH is 1. The molecule has 4 heteroatoms. The summed E-state index contributed by atoms with van der Waals surface area (Å²) in [7, 11) is 4.19. The van der Waals surface area contributed by atoms with Crippen molar-refractivity contribution in [2.75, 3.05) is 14.1 Å². The van der Waals surface area contributed by atoms with Crippen LogP contribution in [0.4, 0.5) is 0 Å². The van der Waals surface area contributed by atoms with Gasteiger partial charge in [0.25, 0.3) is 0 Å². The Morgan fingerprint density at radius 2 is 1.22 bits per heavy atom. The third-order valence-corrected chi connectivity index (χ3v) is 6.81. The monoisotopic (exact) mass is 485 g/mol. The molecule has 0 amide bonds. The second kappa shape index (κ2) is 14.5. The van der Waals surface area contributed by atoms with E-state index in [4.69, 9.17) is 0 Å². The van der Waals surface area contributed by atoms with E-state index in [2.05, 4.69) is 57.3 Å². The molecule has 0 aliphatic heterocycles. The molecule has 2 fully saturated rings. The molecule has 2 aromatic carbocycles. The molecular formula is C28H31FeNOS+2. The Labute approximate surface area is 211 Å². The molecular weight excluding hydrogens is 454 g/mol.